The van der Waals surface area contributed by atoms with Crippen LogP contribution in [0.4, 0.5) is 0 Å². The lowest BCUT2D eigenvalue weighted by Crippen LogP contribution is -2.17. The average molecular weight is 132 g/mol. The second kappa shape index (κ2) is 0.735. The molecule has 6 unspecified atom stereocenters. The molecule has 0 nitrogen and oxygen atoms in total. The van der Waals surface area contributed by atoms with Gasteiger partial charge in [-0.1, -0.05) is 6.42 Å². The molecule has 52 valence electrons. The Hall–Kier alpha value is 0. The minimum atomic E-state index is 1.02. The second-order valence-corrected chi connectivity index (χ2v) is 5.50. The van der Waals surface area contributed by atoms with Crippen molar-refractivity contribution >= 4 is 0 Å². The highest BCUT2D eigenvalue weighted by atomic mass is 15.1. The van der Waals surface area contributed by atoms with Gasteiger partial charge >= 0.3 is 0 Å². The Morgan fingerprint density at radius 2 is 2.20 bits per heavy atom. The lowest BCUT2D eigenvalue weighted by molar-refractivity contribution is 0.253. The summed E-state index contributed by atoms with van der Waals surface area (Å²) in [4.78, 5) is 0. The lowest BCUT2D eigenvalue weighted by Gasteiger charge is -2.22. The molecule has 6 atom stereocenters. The molecule has 6 rings (SSSR count). The van der Waals surface area contributed by atoms with Gasteiger partial charge in [0.25, 0.3) is 0 Å². The third-order valence-corrected chi connectivity index (χ3v) is 6.02. The molecule has 6 aliphatic rings. The average Bonchev–Trinajstić information content (AvgIpc) is 2.47. The first-order chi connectivity index (χ1) is 4.92. The van der Waals surface area contributed by atoms with Crippen molar-refractivity contribution in [2.45, 2.75) is 25.7 Å². The Labute approximate surface area is 61.0 Å². The van der Waals surface area contributed by atoms with Crippen LogP contribution in [0.15, 0.2) is 0 Å². The summed E-state index contributed by atoms with van der Waals surface area (Å²) in [6.45, 7) is 0. The second-order valence-electron chi connectivity index (χ2n) is 5.50. The first kappa shape index (κ1) is 4.13. The van der Waals surface area contributed by atoms with Gasteiger partial charge in [-0.15, -0.1) is 0 Å². The van der Waals surface area contributed by atoms with E-state index in [0.29, 0.717) is 0 Å². The molecule has 0 radical (unpaired) electrons. The molecule has 6 aliphatic carbocycles. The fourth-order valence-corrected chi connectivity index (χ4v) is 6.20. The van der Waals surface area contributed by atoms with Gasteiger partial charge in [-0.25, -0.2) is 0 Å². The van der Waals surface area contributed by atoms with Crippen molar-refractivity contribution in [2.24, 2.45) is 34.5 Å². The van der Waals surface area contributed by atoms with Gasteiger partial charge in [0.15, 0.2) is 0 Å². The van der Waals surface area contributed by atoms with E-state index in [-0.39, 0.29) is 0 Å². The monoisotopic (exact) mass is 132 g/mol. The molecule has 0 aliphatic heterocycles. The van der Waals surface area contributed by atoms with Gasteiger partial charge in [-0.2, -0.15) is 0 Å². The quantitative estimate of drug-likeness (QED) is 0.473. The SMILES string of the molecule is C1CC23CC4C5C4C2(C1)C53. The van der Waals surface area contributed by atoms with E-state index >= 15 is 0 Å². The highest BCUT2D eigenvalue weighted by molar-refractivity contribution is 5.50. The van der Waals surface area contributed by atoms with Gasteiger partial charge in [0, 0.05) is 0 Å². The van der Waals surface area contributed by atoms with Crippen LogP contribution in [0.2, 0.25) is 0 Å². The maximum absolute atomic E-state index is 1.69. The van der Waals surface area contributed by atoms with Crippen LogP contribution < -0.4 is 0 Å². The summed E-state index contributed by atoms with van der Waals surface area (Å²) in [6, 6.07) is 0. The molecule has 0 heteroatoms. The van der Waals surface area contributed by atoms with E-state index in [1.807, 2.05) is 0 Å². The van der Waals surface area contributed by atoms with Gasteiger partial charge in [-0.3, -0.25) is 0 Å². The van der Waals surface area contributed by atoms with Gasteiger partial charge in [-0.05, 0) is 53.8 Å². The predicted octanol–water partition coefficient (Wildman–Crippen LogP) is 2.05. The van der Waals surface area contributed by atoms with Crippen LogP contribution in [-0.4, -0.2) is 0 Å². The molecule has 6 saturated carbocycles. The Kier molecular flexibility index (Phi) is 0.304. The van der Waals surface area contributed by atoms with Crippen molar-refractivity contribution in [1.29, 1.82) is 0 Å². The summed E-state index contributed by atoms with van der Waals surface area (Å²) in [5, 5.41) is 0. The smallest absolute Gasteiger partial charge is 0.0167 e. The summed E-state index contributed by atoms with van der Waals surface area (Å²) in [7, 11) is 0. The summed E-state index contributed by atoms with van der Waals surface area (Å²) >= 11 is 0. The normalized spacial score (nSPS) is 91.2. The van der Waals surface area contributed by atoms with E-state index < -0.39 is 0 Å². The first-order valence-corrected chi connectivity index (χ1v) is 4.92. The molecule has 0 heterocycles. The van der Waals surface area contributed by atoms with E-state index in [0.717, 1.165) is 10.8 Å². The third-order valence-electron chi connectivity index (χ3n) is 6.02. The maximum atomic E-state index is 1.69. The third kappa shape index (κ3) is 0.145. The Bertz CT molecular complexity index is 255. The number of hydrogen-bond donors (Lipinski definition) is 0. The Morgan fingerprint density at radius 1 is 1.20 bits per heavy atom. The molecular weight excluding hydrogens is 120 g/mol. The lowest BCUT2D eigenvalue weighted by atomic mass is 9.82. The van der Waals surface area contributed by atoms with Crippen LogP contribution in [0.1, 0.15) is 25.7 Å². The van der Waals surface area contributed by atoms with E-state index in [1.165, 1.54) is 23.7 Å². The largest absolute Gasteiger partial charge is 0.0522 e. The van der Waals surface area contributed by atoms with Crippen molar-refractivity contribution in [2.75, 3.05) is 0 Å². The van der Waals surface area contributed by atoms with E-state index in [9.17, 15) is 0 Å². The number of hydrogen-bond acceptors (Lipinski definition) is 0. The minimum Gasteiger partial charge on any atom is -0.0522 e. The van der Waals surface area contributed by atoms with Crippen LogP contribution in [-0.2, 0) is 0 Å². The maximum Gasteiger partial charge on any atom is -0.0167 e. The Morgan fingerprint density at radius 3 is 2.90 bits per heavy atom. The van der Waals surface area contributed by atoms with Gasteiger partial charge in [0.05, 0.1) is 0 Å². The van der Waals surface area contributed by atoms with Crippen LogP contribution in [0.3, 0.4) is 0 Å². The Balaban J connectivity index is 1.93. The molecular formula is C10H12. The zero-order chi connectivity index (χ0) is 6.14. The molecule has 6 fully saturated rings. The summed E-state index contributed by atoms with van der Waals surface area (Å²) in [5.41, 5.74) is 2.06. The van der Waals surface area contributed by atoms with Crippen LogP contribution in [0.5, 0.6) is 0 Å². The van der Waals surface area contributed by atoms with Crippen molar-refractivity contribution in [3.05, 3.63) is 0 Å². The van der Waals surface area contributed by atoms with E-state index in [1.54, 1.807) is 25.7 Å². The topological polar surface area (TPSA) is 0 Å². The van der Waals surface area contributed by atoms with Gasteiger partial charge in [0.2, 0.25) is 0 Å². The first-order valence-electron chi connectivity index (χ1n) is 4.92. The predicted molar refractivity (Wildman–Crippen MR) is 37.3 cm³/mol. The number of rotatable bonds is 0. The zero-order valence-corrected chi connectivity index (χ0v) is 6.14. The molecule has 0 saturated heterocycles. The summed E-state index contributed by atoms with van der Waals surface area (Å²) in [6.07, 6.45) is 6.57. The molecule has 10 heavy (non-hydrogen) atoms. The van der Waals surface area contributed by atoms with Gasteiger partial charge < -0.3 is 0 Å². The van der Waals surface area contributed by atoms with Crippen LogP contribution in [0.25, 0.3) is 0 Å². The van der Waals surface area contributed by atoms with Crippen LogP contribution in [0, 0.1) is 34.5 Å². The van der Waals surface area contributed by atoms with Crippen LogP contribution >= 0.6 is 0 Å². The molecule has 2 bridgehead atoms. The standard InChI is InChI=1S/C10H12/c1-2-9-4-5-6-7(5)10(9,3-1)8(6)9/h5-8H,1-4H2. The van der Waals surface area contributed by atoms with Crippen molar-refractivity contribution < 1.29 is 0 Å². The molecule has 0 N–H and O–H groups in total. The van der Waals surface area contributed by atoms with Crippen molar-refractivity contribution in [1.82, 2.24) is 0 Å². The van der Waals surface area contributed by atoms with E-state index in [4.69, 9.17) is 0 Å². The summed E-state index contributed by atoms with van der Waals surface area (Å²) < 4.78 is 0. The van der Waals surface area contributed by atoms with E-state index in [2.05, 4.69) is 0 Å². The van der Waals surface area contributed by atoms with Crippen molar-refractivity contribution in [3.63, 3.8) is 0 Å². The highest BCUT2D eigenvalue weighted by Crippen LogP contribution is 3.07. The molecule has 2 spiro atoms. The minimum absolute atomic E-state index is 1.02. The molecule has 0 aromatic rings. The molecule has 0 amide bonds. The van der Waals surface area contributed by atoms with Gasteiger partial charge in [0.1, 0.15) is 0 Å². The molecule has 0 aromatic heterocycles. The highest BCUT2D eigenvalue weighted by Gasteiger charge is 3.03. The zero-order valence-electron chi connectivity index (χ0n) is 6.14. The molecule has 0 aromatic carbocycles. The van der Waals surface area contributed by atoms with Crippen molar-refractivity contribution in [3.8, 4) is 0 Å². The summed E-state index contributed by atoms with van der Waals surface area (Å²) in [5.74, 6) is 5.20. The fourth-order valence-electron chi connectivity index (χ4n) is 6.20. The fraction of sp³-hybridized carbons (Fsp3) is 1.00.